The van der Waals surface area contributed by atoms with E-state index in [4.69, 9.17) is 0 Å². The van der Waals surface area contributed by atoms with E-state index in [0.717, 1.165) is 11.0 Å². The number of anilines is 1. The van der Waals surface area contributed by atoms with Gasteiger partial charge in [-0.2, -0.15) is 0 Å². The molecular weight excluding hydrogens is 322 g/mol. The van der Waals surface area contributed by atoms with Crippen LogP contribution in [0.25, 0.3) is 0 Å². The second-order valence-electron chi connectivity index (χ2n) is 5.18. The van der Waals surface area contributed by atoms with Crippen LogP contribution in [0.2, 0.25) is 0 Å². The molecule has 6 nitrogen and oxygen atoms in total. The molecule has 0 spiro atoms. The zero-order chi connectivity index (χ0) is 16.8. The van der Waals surface area contributed by atoms with Crippen LogP contribution in [0.1, 0.15) is 11.4 Å². The molecule has 24 heavy (non-hydrogen) atoms. The van der Waals surface area contributed by atoms with Gasteiger partial charge in [0.1, 0.15) is 5.82 Å². The first-order chi connectivity index (χ1) is 11.7. The minimum absolute atomic E-state index is 0.0973. The molecule has 122 valence electrons. The zero-order valence-electron chi connectivity index (χ0n) is 13.2. The first kappa shape index (κ1) is 16.2. The molecule has 0 atom stereocenters. The number of thioether (sulfide) groups is 1. The first-order valence-electron chi connectivity index (χ1n) is 7.49. The molecule has 0 aliphatic rings. The van der Waals surface area contributed by atoms with Crippen molar-refractivity contribution in [3.63, 3.8) is 0 Å². The average molecular weight is 339 g/mol. The monoisotopic (exact) mass is 339 g/mol. The molecule has 0 unspecified atom stereocenters. The number of nitrogens with one attached hydrogen (secondary N) is 1. The van der Waals surface area contributed by atoms with Crippen molar-refractivity contribution in [1.82, 2.24) is 19.7 Å². The van der Waals surface area contributed by atoms with Crippen LogP contribution >= 0.6 is 11.8 Å². The van der Waals surface area contributed by atoms with Gasteiger partial charge in [-0.05, 0) is 24.6 Å². The molecule has 0 radical (unpaired) electrons. The molecule has 0 aliphatic carbocycles. The summed E-state index contributed by atoms with van der Waals surface area (Å²) in [5.41, 5.74) is 1.85. The van der Waals surface area contributed by atoms with Crippen molar-refractivity contribution < 1.29 is 4.79 Å². The second-order valence-corrected chi connectivity index (χ2v) is 6.12. The molecule has 0 saturated heterocycles. The minimum atomic E-state index is -0.0973. The summed E-state index contributed by atoms with van der Waals surface area (Å²) in [6, 6.07) is 13.7. The number of benzene rings is 1. The van der Waals surface area contributed by atoms with Crippen LogP contribution in [0.15, 0.2) is 60.0 Å². The van der Waals surface area contributed by atoms with Crippen LogP contribution in [0.3, 0.4) is 0 Å². The molecule has 1 N–H and O–H groups in total. The van der Waals surface area contributed by atoms with Gasteiger partial charge in [-0.15, -0.1) is 10.2 Å². The van der Waals surface area contributed by atoms with Gasteiger partial charge < -0.3 is 9.88 Å². The number of amides is 1. The minimum Gasteiger partial charge on any atom is -0.324 e. The SMILES string of the molecule is Cc1nnc(SCC(=O)Nc2cccnc2)n1Cc1ccccc1. The summed E-state index contributed by atoms with van der Waals surface area (Å²) in [6.45, 7) is 2.60. The number of hydrogen-bond donors (Lipinski definition) is 1. The highest BCUT2D eigenvalue weighted by molar-refractivity contribution is 7.99. The fourth-order valence-corrected chi connectivity index (χ4v) is 2.96. The maximum atomic E-state index is 12.0. The Morgan fingerprint density at radius 2 is 2.00 bits per heavy atom. The summed E-state index contributed by atoms with van der Waals surface area (Å²) in [6.07, 6.45) is 3.28. The molecule has 0 saturated carbocycles. The van der Waals surface area contributed by atoms with E-state index in [1.54, 1.807) is 24.5 Å². The van der Waals surface area contributed by atoms with Gasteiger partial charge in [-0.3, -0.25) is 9.78 Å². The number of aryl methyl sites for hydroxylation is 1. The number of rotatable bonds is 6. The molecule has 1 aromatic carbocycles. The van der Waals surface area contributed by atoms with E-state index in [2.05, 4.69) is 32.6 Å². The smallest absolute Gasteiger partial charge is 0.234 e. The molecule has 3 aromatic rings. The summed E-state index contributed by atoms with van der Waals surface area (Å²) in [5.74, 6) is 0.996. The van der Waals surface area contributed by atoms with Crippen molar-refractivity contribution in [2.75, 3.05) is 11.1 Å². The number of pyridine rings is 1. The van der Waals surface area contributed by atoms with Gasteiger partial charge >= 0.3 is 0 Å². The Morgan fingerprint density at radius 3 is 2.75 bits per heavy atom. The third-order valence-corrected chi connectivity index (χ3v) is 4.33. The summed E-state index contributed by atoms with van der Waals surface area (Å²) in [7, 11) is 0. The third kappa shape index (κ3) is 4.20. The van der Waals surface area contributed by atoms with E-state index in [0.29, 0.717) is 12.2 Å². The fourth-order valence-electron chi connectivity index (χ4n) is 2.18. The van der Waals surface area contributed by atoms with Crippen LogP contribution in [0.5, 0.6) is 0 Å². The van der Waals surface area contributed by atoms with Crippen LogP contribution in [-0.2, 0) is 11.3 Å². The van der Waals surface area contributed by atoms with Crippen LogP contribution < -0.4 is 5.32 Å². The lowest BCUT2D eigenvalue weighted by Gasteiger charge is -2.08. The number of hydrogen-bond acceptors (Lipinski definition) is 5. The Labute approximate surface area is 144 Å². The van der Waals surface area contributed by atoms with Gasteiger partial charge in [0.05, 0.1) is 24.2 Å². The summed E-state index contributed by atoms with van der Waals surface area (Å²) >= 11 is 1.37. The molecule has 1 amide bonds. The molecule has 7 heteroatoms. The number of aromatic nitrogens is 4. The third-order valence-electron chi connectivity index (χ3n) is 3.36. The lowest BCUT2D eigenvalue weighted by molar-refractivity contribution is -0.113. The lowest BCUT2D eigenvalue weighted by Crippen LogP contribution is -2.15. The molecule has 2 aromatic heterocycles. The van der Waals surface area contributed by atoms with Crippen LogP contribution in [-0.4, -0.2) is 31.4 Å². The molecule has 2 heterocycles. The number of carbonyl (C=O) groups is 1. The van der Waals surface area contributed by atoms with Gasteiger partial charge in [-0.25, -0.2) is 0 Å². The molecule has 3 rings (SSSR count). The van der Waals surface area contributed by atoms with E-state index >= 15 is 0 Å². The normalized spacial score (nSPS) is 10.5. The predicted molar refractivity (Wildman–Crippen MR) is 93.9 cm³/mol. The van der Waals surface area contributed by atoms with E-state index in [1.165, 1.54) is 17.3 Å². The van der Waals surface area contributed by atoms with Gasteiger partial charge in [0.2, 0.25) is 5.91 Å². The van der Waals surface area contributed by atoms with Crippen LogP contribution in [0.4, 0.5) is 5.69 Å². The van der Waals surface area contributed by atoms with Gasteiger partial charge in [-0.1, -0.05) is 42.1 Å². The van der Waals surface area contributed by atoms with Crippen molar-refractivity contribution >= 4 is 23.4 Å². The van der Waals surface area contributed by atoms with Crippen molar-refractivity contribution in [1.29, 1.82) is 0 Å². The number of carbonyl (C=O) groups excluding carboxylic acids is 1. The highest BCUT2D eigenvalue weighted by atomic mass is 32.2. The second kappa shape index (κ2) is 7.74. The fraction of sp³-hybridized carbons (Fsp3) is 0.176. The molecule has 0 fully saturated rings. The van der Waals surface area contributed by atoms with Crippen molar-refractivity contribution in [3.05, 3.63) is 66.2 Å². The quantitative estimate of drug-likeness (QED) is 0.699. The Morgan fingerprint density at radius 1 is 1.17 bits per heavy atom. The first-order valence-corrected chi connectivity index (χ1v) is 8.47. The van der Waals surface area contributed by atoms with Crippen molar-refractivity contribution in [3.8, 4) is 0 Å². The summed E-state index contributed by atoms with van der Waals surface area (Å²) in [4.78, 5) is 16.0. The Balaban J connectivity index is 1.62. The Bertz CT molecular complexity index is 804. The number of nitrogens with zero attached hydrogens (tertiary/aromatic N) is 4. The lowest BCUT2D eigenvalue weighted by atomic mass is 10.2. The van der Waals surface area contributed by atoms with E-state index < -0.39 is 0 Å². The van der Waals surface area contributed by atoms with E-state index in [-0.39, 0.29) is 11.7 Å². The molecule has 0 aliphatic heterocycles. The average Bonchev–Trinajstić information content (AvgIpc) is 2.95. The highest BCUT2D eigenvalue weighted by Gasteiger charge is 2.12. The van der Waals surface area contributed by atoms with Crippen LogP contribution in [0, 0.1) is 6.92 Å². The van der Waals surface area contributed by atoms with Gasteiger partial charge in [0, 0.05) is 6.20 Å². The largest absolute Gasteiger partial charge is 0.324 e. The van der Waals surface area contributed by atoms with Gasteiger partial charge in [0.25, 0.3) is 0 Å². The van der Waals surface area contributed by atoms with Gasteiger partial charge in [0.15, 0.2) is 5.16 Å². The summed E-state index contributed by atoms with van der Waals surface area (Å²) in [5, 5.41) is 11.8. The van der Waals surface area contributed by atoms with Crippen molar-refractivity contribution in [2.24, 2.45) is 0 Å². The highest BCUT2D eigenvalue weighted by Crippen LogP contribution is 2.19. The Kier molecular flexibility index (Phi) is 5.22. The van der Waals surface area contributed by atoms with E-state index in [9.17, 15) is 4.79 Å². The maximum Gasteiger partial charge on any atom is 0.234 e. The zero-order valence-corrected chi connectivity index (χ0v) is 14.0. The Hall–Kier alpha value is -2.67. The standard InChI is InChI=1S/C17H17N5OS/c1-13-20-21-17(22(13)11-14-6-3-2-4-7-14)24-12-16(23)19-15-8-5-9-18-10-15/h2-10H,11-12H2,1H3,(H,19,23). The topological polar surface area (TPSA) is 72.7 Å². The summed E-state index contributed by atoms with van der Waals surface area (Å²) < 4.78 is 2.01. The maximum absolute atomic E-state index is 12.0. The predicted octanol–water partition coefficient (Wildman–Crippen LogP) is 2.76. The van der Waals surface area contributed by atoms with E-state index in [1.807, 2.05) is 29.7 Å². The molecular formula is C17H17N5OS. The molecule has 0 bridgehead atoms. The van der Waals surface area contributed by atoms with Crippen molar-refractivity contribution in [2.45, 2.75) is 18.6 Å².